The topological polar surface area (TPSA) is 39.9 Å². The molecule has 0 saturated carbocycles. The summed E-state index contributed by atoms with van der Waals surface area (Å²) < 4.78 is 6.84. The van der Waals surface area contributed by atoms with Crippen LogP contribution in [0.5, 0.6) is 0 Å². The minimum absolute atomic E-state index is 0.480. The molecule has 0 unspecified atom stereocenters. The summed E-state index contributed by atoms with van der Waals surface area (Å²) in [4.78, 5) is 4.48. The Morgan fingerprint density at radius 3 is 2.41 bits per heavy atom. The molecule has 1 aromatic carbocycles. The Balaban J connectivity index is 2.42. The standard InChI is InChI=1S/C13H17N3O/c1-9-5-10(2)7-11(6-9)13-14-12(8-17-4)16(3)15-13/h5-7H,8H2,1-4H3. The summed E-state index contributed by atoms with van der Waals surface area (Å²) in [5, 5.41) is 4.41. The highest BCUT2D eigenvalue weighted by atomic mass is 16.5. The maximum absolute atomic E-state index is 5.08. The third-order valence-corrected chi connectivity index (χ3v) is 2.61. The average molecular weight is 231 g/mol. The first kappa shape index (κ1) is 11.8. The van der Waals surface area contributed by atoms with E-state index in [4.69, 9.17) is 4.74 Å². The summed E-state index contributed by atoms with van der Waals surface area (Å²) in [6, 6.07) is 6.33. The molecule has 4 nitrogen and oxygen atoms in total. The van der Waals surface area contributed by atoms with Crippen LogP contribution in [0.25, 0.3) is 11.4 Å². The van der Waals surface area contributed by atoms with Gasteiger partial charge in [0.05, 0.1) is 0 Å². The van der Waals surface area contributed by atoms with Gasteiger partial charge in [-0.1, -0.05) is 17.2 Å². The van der Waals surface area contributed by atoms with E-state index < -0.39 is 0 Å². The van der Waals surface area contributed by atoms with E-state index in [1.165, 1.54) is 11.1 Å². The number of benzene rings is 1. The Morgan fingerprint density at radius 2 is 1.82 bits per heavy atom. The lowest BCUT2D eigenvalue weighted by atomic mass is 10.1. The molecule has 17 heavy (non-hydrogen) atoms. The number of hydrogen-bond donors (Lipinski definition) is 0. The Morgan fingerprint density at radius 1 is 1.18 bits per heavy atom. The fourth-order valence-corrected chi connectivity index (χ4v) is 1.90. The normalized spacial score (nSPS) is 10.8. The first-order valence-corrected chi connectivity index (χ1v) is 5.57. The minimum Gasteiger partial charge on any atom is -0.377 e. The van der Waals surface area contributed by atoms with Crippen LogP contribution in [0, 0.1) is 13.8 Å². The molecule has 90 valence electrons. The van der Waals surface area contributed by atoms with Crippen molar-refractivity contribution in [1.82, 2.24) is 14.8 Å². The summed E-state index contributed by atoms with van der Waals surface area (Å²) in [6.45, 7) is 4.64. The molecule has 2 aromatic rings. The van der Waals surface area contributed by atoms with Crippen LogP contribution in [0.2, 0.25) is 0 Å². The van der Waals surface area contributed by atoms with Crippen molar-refractivity contribution >= 4 is 0 Å². The molecule has 0 amide bonds. The zero-order valence-corrected chi connectivity index (χ0v) is 10.7. The van der Waals surface area contributed by atoms with Crippen molar-refractivity contribution in [2.24, 2.45) is 7.05 Å². The molecule has 0 bridgehead atoms. The molecule has 1 aromatic heterocycles. The van der Waals surface area contributed by atoms with Gasteiger partial charge in [0.1, 0.15) is 6.61 Å². The smallest absolute Gasteiger partial charge is 0.181 e. The van der Waals surface area contributed by atoms with E-state index in [1.807, 2.05) is 7.05 Å². The van der Waals surface area contributed by atoms with E-state index >= 15 is 0 Å². The molecule has 0 saturated heterocycles. The SMILES string of the molecule is COCc1nc(-c2cc(C)cc(C)c2)nn1C. The van der Waals surface area contributed by atoms with E-state index in [-0.39, 0.29) is 0 Å². The zero-order chi connectivity index (χ0) is 12.4. The largest absolute Gasteiger partial charge is 0.377 e. The van der Waals surface area contributed by atoms with Gasteiger partial charge in [-0.05, 0) is 26.0 Å². The van der Waals surface area contributed by atoms with E-state index in [1.54, 1.807) is 11.8 Å². The van der Waals surface area contributed by atoms with Gasteiger partial charge < -0.3 is 4.74 Å². The van der Waals surface area contributed by atoms with Crippen molar-refractivity contribution in [2.75, 3.05) is 7.11 Å². The van der Waals surface area contributed by atoms with Crippen LogP contribution in [0.1, 0.15) is 17.0 Å². The number of aromatic nitrogens is 3. The van der Waals surface area contributed by atoms with Crippen LogP contribution in [-0.4, -0.2) is 21.9 Å². The third-order valence-electron chi connectivity index (χ3n) is 2.61. The van der Waals surface area contributed by atoms with E-state index in [9.17, 15) is 0 Å². The molecule has 4 heteroatoms. The lowest BCUT2D eigenvalue weighted by Crippen LogP contribution is -2.00. The van der Waals surface area contributed by atoms with Crippen molar-refractivity contribution < 1.29 is 4.74 Å². The van der Waals surface area contributed by atoms with E-state index in [2.05, 4.69) is 42.1 Å². The predicted octanol–water partition coefficient (Wildman–Crippen LogP) is 2.25. The second-order valence-corrected chi connectivity index (χ2v) is 4.28. The molecule has 0 spiro atoms. The van der Waals surface area contributed by atoms with E-state index in [0.717, 1.165) is 17.2 Å². The number of rotatable bonds is 3. The van der Waals surface area contributed by atoms with Crippen LogP contribution < -0.4 is 0 Å². The zero-order valence-electron chi connectivity index (χ0n) is 10.7. The van der Waals surface area contributed by atoms with Gasteiger partial charge in [-0.3, -0.25) is 4.68 Å². The molecule has 0 aliphatic heterocycles. The van der Waals surface area contributed by atoms with Crippen LogP contribution in [-0.2, 0) is 18.4 Å². The molecule has 0 fully saturated rings. The molecule has 2 rings (SSSR count). The lowest BCUT2D eigenvalue weighted by Gasteiger charge is -2.00. The number of aryl methyl sites for hydroxylation is 3. The second kappa shape index (κ2) is 4.67. The minimum atomic E-state index is 0.480. The summed E-state index contributed by atoms with van der Waals surface area (Å²) in [5.74, 6) is 1.59. The highest BCUT2D eigenvalue weighted by molar-refractivity contribution is 5.57. The van der Waals surface area contributed by atoms with Crippen molar-refractivity contribution in [1.29, 1.82) is 0 Å². The van der Waals surface area contributed by atoms with E-state index in [0.29, 0.717) is 6.61 Å². The molecule has 0 radical (unpaired) electrons. The average Bonchev–Trinajstić information content (AvgIpc) is 2.60. The number of ether oxygens (including phenoxy) is 1. The Labute approximate surface area is 101 Å². The third kappa shape index (κ3) is 2.53. The molecule has 0 aliphatic rings. The lowest BCUT2D eigenvalue weighted by molar-refractivity contribution is 0.174. The maximum Gasteiger partial charge on any atom is 0.181 e. The molecular weight excluding hydrogens is 214 g/mol. The Kier molecular flexibility index (Phi) is 3.24. The van der Waals surface area contributed by atoms with Gasteiger partial charge in [0.2, 0.25) is 0 Å². The van der Waals surface area contributed by atoms with Crippen LogP contribution in [0.15, 0.2) is 18.2 Å². The van der Waals surface area contributed by atoms with Crippen LogP contribution in [0.3, 0.4) is 0 Å². The fourth-order valence-electron chi connectivity index (χ4n) is 1.90. The summed E-state index contributed by atoms with van der Waals surface area (Å²) in [7, 11) is 3.54. The van der Waals surface area contributed by atoms with Gasteiger partial charge in [0, 0.05) is 19.7 Å². The first-order chi connectivity index (χ1) is 8.10. The molecule has 0 atom stereocenters. The van der Waals surface area contributed by atoms with Crippen molar-refractivity contribution in [3.8, 4) is 11.4 Å². The highest BCUT2D eigenvalue weighted by Crippen LogP contribution is 2.19. The Hall–Kier alpha value is -1.68. The van der Waals surface area contributed by atoms with Gasteiger partial charge in [0.25, 0.3) is 0 Å². The van der Waals surface area contributed by atoms with Crippen LogP contribution >= 0.6 is 0 Å². The summed E-state index contributed by atoms with van der Waals surface area (Å²) in [5.41, 5.74) is 3.50. The maximum atomic E-state index is 5.08. The quantitative estimate of drug-likeness (QED) is 0.813. The predicted molar refractivity (Wildman–Crippen MR) is 66.6 cm³/mol. The number of methoxy groups -OCH3 is 1. The fraction of sp³-hybridized carbons (Fsp3) is 0.385. The van der Waals surface area contributed by atoms with Gasteiger partial charge in [-0.2, -0.15) is 5.10 Å². The second-order valence-electron chi connectivity index (χ2n) is 4.28. The molecule has 1 heterocycles. The summed E-state index contributed by atoms with van der Waals surface area (Å²) in [6.07, 6.45) is 0. The molecular formula is C13H17N3O. The Bertz CT molecular complexity index is 511. The van der Waals surface area contributed by atoms with Crippen molar-refractivity contribution in [3.63, 3.8) is 0 Å². The van der Waals surface area contributed by atoms with Gasteiger partial charge in [0.15, 0.2) is 11.6 Å². The number of hydrogen-bond acceptors (Lipinski definition) is 3. The number of nitrogens with zero attached hydrogens (tertiary/aromatic N) is 3. The van der Waals surface area contributed by atoms with Gasteiger partial charge in [-0.15, -0.1) is 0 Å². The van der Waals surface area contributed by atoms with Crippen molar-refractivity contribution in [2.45, 2.75) is 20.5 Å². The highest BCUT2D eigenvalue weighted by Gasteiger charge is 2.09. The van der Waals surface area contributed by atoms with Gasteiger partial charge >= 0.3 is 0 Å². The van der Waals surface area contributed by atoms with Gasteiger partial charge in [-0.25, -0.2) is 4.98 Å². The monoisotopic (exact) mass is 231 g/mol. The van der Waals surface area contributed by atoms with Crippen molar-refractivity contribution in [3.05, 3.63) is 35.2 Å². The first-order valence-electron chi connectivity index (χ1n) is 5.57. The summed E-state index contributed by atoms with van der Waals surface area (Å²) >= 11 is 0. The molecule has 0 N–H and O–H groups in total. The van der Waals surface area contributed by atoms with Crippen LogP contribution in [0.4, 0.5) is 0 Å². The molecule has 0 aliphatic carbocycles.